The smallest absolute Gasteiger partial charge is 0.280 e. The van der Waals surface area contributed by atoms with Crippen molar-refractivity contribution in [2.75, 3.05) is 5.01 Å². The van der Waals surface area contributed by atoms with Crippen LogP contribution in [0.5, 0.6) is 0 Å². The Morgan fingerprint density at radius 3 is 2.19 bits per heavy atom. The lowest BCUT2D eigenvalue weighted by molar-refractivity contribution is -0.114. The van der Waals surface area contributed by atoms with Crippen LogP contribution in [0.2, 0.25) is 0 Å². The normalized spacial score (nSPS) is 15.1. The Hall–Kier alpha value is -3.27. The van der Waals surface area contributed by atoms with Crippen molar-refractivity contribution in [2.24, 2.45) is 5.10 Å². The summed E-state index contributed by atoms with van der Waals surface area (Å²) in [5.74, 6) is -11.3. The largest absolute Gasteiger partial charge is 0.457 e. The van der Waals surface area contributed by atoms with Crippen LogP contribution in [0.3, 0.4) is 0 Å². The third kappa shape index (κ3) is 3.54. The molecule has 32 heavy (non-hydrogen) atoms. The number of hydrogen-bond acceptors (Lipinski definition) is 3. The minimum absolute atomic E-state index is 0.00778. The van der Waals surface area contributed by atoms with E-state index in [1.54, 1.807) is 12.1 Å². The fraction of sp³-hybridized carbons (Fsp3) is 0.0909. The topological polar surface area (TPSA) is 45.8 Å². The minimum atomic E-state index is -2.32. The number of hydrazone groups is 1. The summed E-state index contributed by atoms with van der Waals surface area (Å²) in [6, 6.07) is 8.86. The van der Waals surface area contributed by atoms with Crippen molar-refractivity contribution < 1.29 is 31.2 Å². The van der Waals surface area contributed by atoms with E-state index in [4.69, 9.17) is 4.42 Å². The second-order valence-electron chi connectivity index (χ2n) is 6.96. The zero-order valence-corrected chi connectivity index (χ0v) is 18.0. The lowest BCUT2D eigenvalue weighted by Crippen LogP contribution is -2.25. The number of nitrogens with zero attached hydrogens (tertiary/aromatic N) is 2. The summed E-state index contributed by atoms with van der Waals surface area (Å²) < 4.78 is 75.3. The zero-order valence-electron chi connectivity index (χ0n) is 16.4. The maximum atomic E-state index is 14.1. The molecule has 164 valence electrons. The van der Waals surface area contributed by atoms with Gasteiger partial charge in [-0.05, 0) is 49.8 Å². The van der Waals surface area contributed by atoms with E-state index in [1.807, 2.05) is 25.1 Å². The van der Waals surface area contributed by atoms with Crippen LogP contribution in [0.1, 0.15) is 18.2 Å². The highest BCUT2D eigenvalue weighted by Gasteiger charge is 2.37. The van der Waals surface area contributed by atoms with Gasteiger partial charge in [0.15, 0.2) is 23.3 Å². The quantitative estimate of drug-likeness (QED) is 0.174. The molecule has 0 saturated carbocycles. The molecule has 0 radical (unpaired) electrons. The highest BCUT2D eigenvalue weighted by atomic mass is 79.9. The second-order valence-corrected chi connectivity index (χ2v) is 7.82. The van der Waals surface area contributed by atoms with E-state index in [1.165, 1.54) is 13.0 Å². The zero-order chi connectivity index (χ0) is 23.3. The molecule has 0 aliphatic carbocycles. The second kappa shape index (κ2) is 8.01. The van der Waals surface area contributed by atoms with E-state index < -0.39 is 40.7 Å². The average Bonchev–Trinajstić information content (AvgIpc) is 3.31. The molecule has 4 rings (SSSR count). The van der Waals surface area contributed by atoms with Crippen molar-refractivity contribution in [1.29, 1.82) is 0 Å². The maximum absolute atomic E-state index is 14.1. The molecule has 1 aliphatic heterocycles. The number of rotatable bonds is 3. The first kappa shape index (κ1) is 21.9. The molecule has 0 N–H and O–H groups in total. The standard InChI is InChI=1S/C22H12BrF5N2O2/c1-9-3-5-12(14(23)7-9)15-6-4-11(32-15)8-13-10(2)29-30(22(13)31)21-19(27)17(25)16(24)18(26)20(21)28/h3-8H,1-2H3/b13-8-. The molecule has 10 heteroatoms. The lowest BCUT2D eigenvalue weighted by Gasteiger charge is -2.14. The van der Waals surface area contributed by atoms with Gasteiger partial charge in [0.05, 0.1) is 11.3 Å². The average molecular weight is 511 g/mol. The third-order valence-corrected chi connectivity index (χ3v) is 5.42. The van der Waals surface area contributed by atoms with Crippen LogP contribution < -0.4 is 5.01 Å². The highest BCUT2D eigenvalue weighted by molar-refractivity contribution is 9.10. The Kier molecular flexibility index (Phi) is 5.49. The number of aryl methyl sites for hydroxylation is 1. The summed E-state index contributed by atoms with van der Waals surface area (Å²) in [4.78, 5) is 12.7. The van der Waals surface area contributed by atoms with Crippen LogP contribution >= 0.6 is 15.9 Å². The molecule has 0 unspecified atom stereocenters. The van der Waals surface area contributed by atoms with E-state index in [0.717, 1.165) is 15.6 Å². The fourth-order valence-corrected chi connectivity index (χ4v) is 3.84. The molecule has 1 aromatic heterocycles. The van der Waals surface area contributed by atoms with E-state index in [0.29, 0.717) is 5.76 Å². The molecule has 1 aliphatic rings. The first-order valence-electron chi connectivity index (χ1n) is 9.09. The summed E-state index contributed by atoms with van der Waals surface area (Å²) in [7, 11) is 0. The van der Waals surface area contributed by atoms with Crippen molar-refractivity contribution in [2.45, 2.75) is 13.8 Å². The van der Waals surface area contributed by atoms with Crippen molar-refractivity contribution >= 4 is 39.3 Å². The third-order valence-electron chi connectivity index (χ3n) is 4.76. The van der Waals surface area contributed by atoms with Crippen LogP contribution in [-0.4, -0.2) is 11.6 Å². The van der Waals surface area contributed by atoms with Crippen LogP contribution in [0, 0.1) is 36.0 Å². The molecule has 0 saturated heterocycles. The first-order chi connectivity index (χ1) is 15.1. The Labute approximate surface area is 186 Å². The van der Waals surface area contributed by atoms with Gasteiger partial charge >= 0.3 is 0 Å². The number of halogens is 6. The van der Waals surface area contributed by atoms with Gasteiger partial charge in [-0.1, -0.05) is 22.0 Å². The fourth-order valence-electron chi connectivity index (χ4n) is 3.15. The molecule has 4 nitrogen and oxygen atoms in total. The van der Waals surface area contributed by atoms with Crippen molar-refractivity contribution in [1.82, 2.24) is 0 Å². The molecule has 2 aromatic carbocycles. The number of furan rings is 1. The summed E-state index contributed by atoms with van der Waals surface area (Å²) in [5.41, 5.74) is 0.224. The van der Waals surface area contributed by atoms with Gasteiger partial charge in [-0.25, -0.2) is 22.0 Å². The number of anilines is 1. The van der Waals surface area contributed by atoms with Crippen LogP contribution in [0.15, 0.2) is 49.9 Å². The molecule has 2 heterocycles. The van der Waals surface area contributed by atoms with Gasteiger partial charge in [0.25, 0.3) is 5.91 Å². The van der Waals surface area contributed by atoms with Crippen LogP contribution in [-0.2, 0) is 4.79 Å². The van der Waals surface area contributed by atoms with Crippen molar-refractivity contribution in [3.8, 4) is 11.3 Å². The molecule has 0 bridgehead atoms. The molecular formula is C22H12BrF5N2O2. The van der Waals surface area contributed by atoms with E-state index >= 15 is 0 Å². The minimum Gasteiger partial charge on any atom is -0.457 e. The van der Waals surface area contributed by atoms with Crippen molar-refractivity contribution in [3.63, 3.8) is 0 Å². The van der Waals surface area contributed by atoms with Crippen LogP contribution in [0.25, 0.3) is 17.4 Å². The Bertz CT molecular complexity index is 1320. The van der Waals surface area contributed by atoms with Gasteiger partial charge in [0.1, 0.15) is 17.2 Å². The van der Waals surface area contributed by atoms with Gasteiger partial charge in [0, 0.05) is 10.0 Å². The van der Waals surface area contributed by atoms with E-state index in [2.05, 4.69) is 21.0 Å². The van der Waals surface area contributed by atoms with E-state index in [9.17, 15) is 26.7 Å². The van der Waals surface area contributed by atoms with Gasteiger partial charge < -0.3 is 4.42 Å². The number of carbonyl (C=O) groups excluding carboxylic acids is 1. The van der Waals surface area contributed by atoms with Crippen LogP contribution in [0.4, 0.5) is 27.6 Å². The summed E-state index contributed by atoms with van der Waals surface area (Å²) in [6.07, 6.45) is 1.28. The first-order valence-corrected chi connectivity index (χ1v) is 9.89. The molecule has 0 spiro atoms. The lowest BCUT2D eigenvalue weighted by atomic mass is 10.1. The maximum Gasteiger partial charge on any atom is 0.280 e. The monoisotopic (exact) mass is 510 g/mol. The molecular weight excluding hydrogens is 499 g/mol. The predicted molar refractivity (Wildman–Crippen MR) is 111 cm³/mol. The highest BCUT2D eigenvalue weighted by Crippen LogP contribution is 2.35. The number of amides is 1. The Morgan fingerprint density at radius 1 is 0.938 bits per heavy atom. The predicted octanol–water partition coefficient (Wildman–Crippen LogP) is 6.52. The summed E-state index contributed by atoms with van der Waals surface area (Å²) in [6.45, 7) is 3.28. The molecule has 0 fully saturated rings. The number of carbonyl (C=O) groups is 1. The SMILES string of the molecule is CC1=NN(c2c(F)c(F)c(F)c(F)c2F)C(=O)/C1=C\c1ccc(-c2ccc(C)cc2Br)o1. The Morgan fingerprint density at radius 2 is 1.56 bits per heavy atom. The molecule has 0 atom stereocenters. The van der Waals surface area contributed by atoms with Gasteiger partial charge in [-0.2, -0.15) is 10.1 Å². The molecule has 3 aromatic rings. The number of benzene rings is 2. The summed E-state index contributed by atoms with van der Waals surface area (Å²) in [5, 5.41) is 3.84. The van der Waals surface area contributed by atoms with Gasteiger partial charge in [-0.15, -0.1) is 0 Å². The number of hydrogen-bond donors (Lipinski definition) is 0. The Balaban J connectivity index is 1.71. The summed E-state index contributed by atoms with van der Waals surface area (Å²) >= 11 is 3.45. The van der Waals surface area contributed by atoms with Crippen molar-refractivity contribution in [3.05, 3.63) is 80.8 Å². The molecule has 1 amide bonds. The van der Waals surface area contributed by atoms with Gasteiger partial charge in [-0.3, -0.25) is 4.79 Å². The van der Waals surface area contributed by atoms with Gasteiger partial charge in [0.2, 0.25) is 5.82 Å². The van der Waals surface area contributed by atoms with E-state index in [-0.39, 0.29) is 22.1 Å².